The van der Waals surface area contributed by atoms with Crippen molar-refractivity contribution < 1.29 is 9.84 Å². The van der Waals surface area contributed by atoms with E-state index in [4.69, 9.17) is 4.74 Å². The van der Waals surface area contributed by atoms with Crippen LogP contribution < -0.4 is 4.74 Å². The highest BCUT2D eigenvalue weighted by Gasteiger charge is 2.39. The molecule has 1 aromatic carbocycles. The summed E-state index contributed by atoms with van der Waals surface area (Å²) in [5, 5.41) is 10.4. The van der Waals surface area contributed by atoms with Crippen LogP contribution in [-0.2, 0) is 0 Å². The molecule has 0 aliphatic heterocycles. The first-order valence-corrected chi connectivity index (χ1v) is 6.71. The van der Waals surface area contributed by atoms with Crippen LogP contribution >= 0.6 is 0 Å². The van der Waals surface area contributed by atoms with E-state index >= 15 is 0 Å². The van der Waals surface area contributed by atoms with E-state index in [9.17, 15) is 5.11 Å². The normalized spacial score (nSPS) is 28.0. The van der Waals surface area contributed by atoms with E-state index in [2.05, 4.69) is 25.8 Å². The third kappa shape index (κ3) is 2.85. The van der Waals surface area contributed by atoms with Crippen molar-refractivity contribution in [1.29, 1.82) is 0 Å². The van der Waals surface area contributed by atoms with E-state index < -0.39 is 6.10 Å². The molecule has 3 atom stereocenters. The van der Waals surface area contributed by atoms with Gasteiger partial charge in [-0.1, -0.05) is 18.2 Å². The van der Waals surface area contributed by atoms with Gasteiger partial charge in [0.25, 0.3) is 0 Å². The summed E-state index contributed by atoms with van der Waals surface area (Å²) in [7, 11) is 2.07. The summed E-state index contributed by atoms with van der Waals surface area (Å²) < 4.78 is 5.87. The highest BCUT2D eigenvalue weighted by molar-refractivity contribution is 5.21. The van der Waals surface area contributed by atoms with Gasteiger partial charge in [-0.15, -0.1) is 0 Å². The Morgan fingerprint density at radius 3 is 2.50 bits per heavy atom. The molecule has 1 aromatic rings. The Hall–Kier alpha value is -1.06. The van der Waals surface area contributed by atoms with Gasteiger partial charge in [0.1, 0.15) is 18.0 Å². The number of hydrogen-bond donors (Lipinski definition) is 1. The van der Waals surface area contributed by atoms with Crippen LogP contribution in [0.5, 0.6) is 5.75 Å². The SMILES string of the molecule is CC(C)N(C)[C@@H]1CC[C@H](Oc2ccccc2)[C@H]1O. The summed E-state index contributed by atoms with van der Waals surface area (Å²) in [5.74, 6) is 0.842. The first-order valence-electron chi connectivity index (χ1n) is 6.71. The highest BCUT2D eigenvalue weighted by atomic mass is 16.5. The van der Waals surface area contributed by atoms with Crippen molar-refractivity contribution in [2.24, 2.45) is 0 Å². The maximum absolute atomic E-state index is 10.4. The Morgan fingerprint density at radius 1 is 1.22 bits per heavy atom. The third-order valence-corrected chi connectivity index (χ3v) is 3.89. The van der Waals surface area contributed by atoms with Gasteiger partial charge >= 0.3 is 0 Å². The second kappa shape index (κ2) is 5.72. The van der Waals surface area contributed by atoms with Crippen LogP contribution in [0.3, 0.4) is 0 Å². The van der Waals surface area contributed by atoms with Crippen LogP contribution in [0.15, 0.2) is 30.3 Å². The Kier molecular flexibility index (Phi) is 4.25. The van der Waals surface area contributed by atoms with Crippen molar-refractivity contribution in [2.45, 2.75) is 51.0 Å². The summed E-state index contributed by atoms with van der Waals surface area (Å²) in [6.07, 6.45) is 1.42. The predicted octanol–water partition coefficient (Wildman–Crippen LogP) is 2.30. The van der Waals surface area contributed by atoms with Crippen LogP contribution in [0.1, 0.15) is 26.7 Å². The molecule has 1 N–H and O–H groups in total. The number of aliphatic hydroxyl groups excluding tert-OH is 1. The largest absolute Gasteiger partial charge is 0.488 e. The van der Waals surface area contributed by atoms with Gasteiger partial charge in [0.2, 0.25) is 0 Å². The predicted molar refractivity (Wildman–Crippen MR) is 72.8 cm³/mol. The number of nitrogens with zero attached hydrogens (tertiary/aromatic N) is 1. The molecule has 0 amide bonds. The maximum atomic E-state index is 10.4. The Balaban J connectivity index is 1.97. The van der Waals surface area contributed by atoms with E-state index in [1.54, 1.807) is 0 Å². The minimum Gasteiger partial charge on any atom is -0.488 e. The number of rotatable bonds is 4. The van der Waals surface area contributed by atoms with Gasteiger partial charge in [-0.3, -0.25) is 4.90 Å². The summed E-state index contributed by atoms with van der Waals surface area (Å²) in [4.78, 5) is 2.24. The van der Waals surface area contributed by atoms with Crippen molar-refractivity contribution >= 4 is 0 Å². The number of likely N-dealkylation sites (N-methyl/N-ethyl adjacent to an activating group) is 1. The lowest BCUT2D eigenvalue weighted by atomic mass is 10.1. The molecule has 0 aromatic heterocycles. The monoisotopic (exact) mass is 249 g/mol. The van der Waals surface area contributed by atoms with Crippen LogP contribution in [0.2, 0.25) is 0 Å². The van der Waals surface area contributed by atoms with Gasteiger partial charge in [0.15, 0.2) is 0 Å². The molecular weight excluding hydrogens is 226 g/mol. The first-order chi connectivity index (χ1) is 8.59. The number of hydrogen-bond acceptors (Lipinski definition) is 3. The van der Waals surface area contributed by atoms with E-state index in [1.807, 2.05) is 30.3 Å². The van der Waals surface area contributed by atoms with Gasteiger partial charge in [-0.2, -0.15) is 0 Å². The molecular formula is C15H23NO2. The van der Waals surface area contributed by atoms with Crippen LogP contribution in [0.4, 0.5) is 0 Å². The fourth-order valence-corrected chi connectivity index (χ4v) is 2.55. The molecule has 0 saturated heterocycles. The molecule has 1 aliphatic carbocycles. The van der Waals surface area contributed by atoms with Crippen molar-refractivity contribution in [3.63, 3.8) is 0 Å². The fraction of sp³-hybridized carbons (Fsp3) is 0.600. The summed E-state index contributed by atoms with van der Waals surface area (Å²) in [6.45, 7) is 4.30. The Bertz CT molecular complexity index is 366. The van der Waals surface area contributed by atoms with Crippen LogP contribution in [-0.4, -0.2) is 41.3 Å². The zero-order chi connectivity index (χ0) is 13.1. The number of benzene rings is 1. The molecule has 3 nitrogen and oxygen atoms in total. The Labute approximate surface area is 109 Å². The van der Waals surface area contributed by atoms with Crippen LogP contribution in [0.25, 0.3) is 0 Å². The Morgan fingerprint density at radius 2 is 1.89 bits per heavy atom. The molecule has 0 spiro atoms. The summed E-state index contributed by atoms with van der Waals surface area (Å²) in [5.41, 5.74) is 0. The molecule has 1 saturated carbocycles. The summed E-state index contributed by atoms with van der Waals surface area (Å²) in [6, 6.07) is 10.4. The number of ether oxygens (including phenoxy) is 1. The standard InChI is InChI=1S/C15H23NO2/c1-11(2)16(3)13-9-10-14(15(13)17)18-12-7-5-4-6-8-12/h4-8,11,13-15,17H,9-10H2,1-3H3/t13-,14+,15+/m1/s1. The molecule has 2 rings (SSSR count). The van der Waals surface area contributed by atoms with Crippen molar-refractivity contribution in [2.75, 3.05) is 7.05 Å². The summed E-state index contributed by atoms with van der Waals surface area (Å²) >= 11 is 0. The average Bonchev–Trinajstić information content (AvgIpc) is 2.71. The molecule has 1 aliphatic rings. The van der Waals surface area contributed by atoms with Gasteiger partial charge in [0, 0.05) is 12.1 Å². The minimum atomic E-state index is -0.405. The van der Waals surface area contributed by atoms with Crippen molar-refractivity contribution in [3.05, 3.63) is 30.3 Å². The number of aliphatic hydroxyl groups is 1. The van der Waals surface area contributed by atoms with Gasteiger partial charge in [-0.05, 0) is 45.9 Å². The molecule has 0 unspecified atom stereocenters. The van der Waals surface area contributed by atoms with E-state index in [0.717, 1.165) is 18.6 Å². The third-order valence-electron chi connectivity index (χ3n) is 3.89. The number of para-hydroxylation sites is 1. The van der Waals surface area contributed by atoms with E-state index in [-0.39, 0.29) is 12.1 Å². The van der Waals surface area contributed by atoms with Gasteiger partial charge in [0.05, 0.1) is 0 Å². The first kappa shape index (κ1) is 13.4. The quantitative estimate of drug-likeness (QED) is 0.888. The molecule has 0 heterocycles. The lowest BCUT2D eigenvalue weighted by molar-refractivity contribution is 0.00967. The zero-order valence-electron chi connectivity index (χ0n) is 11.4. The second-order valence-corrected chi connectivity index (χ2v) is 5.36. The topological polar surface area (TPSA) is 32.7 Å². The van der Waals surface area contributed by atoms with E-state index in [1.165, 1.54) is 0 Å². The lowest BCUT2D eigenvalue weighted by Crippen LogP contribution is -2.45. The zero-order valence-corrected chi connectivity index (χ0v) is 11.4. The smallest absolute Gasteiger partial charge is 0.126 e. The molecule has 18 heavy (non-hydrogen) atoms. The lowest BCUT2D eigenvalue weighted by Gasteiger charge is -2.31. The molecule has 3 heteroatoms. The second-order valence-electron chi connectivity index (χ2n) is 5.36. The molecule has 0 radical (unpaired) electrons. The van der Waals surface area contributed by atoms with E-state index in [0.29, 0.717) is 6.04 Å². The highest BCUT2D eigenvalue weighted by Crippen LogP contribution is 2.28. The van der Waals surface area contributed by atoms with Crippen molar-refractivity contribution in [3.8, 4) is 5.75 Å². The van der Waals surface area contributed by atoms with Gasteiger partial charge in [-0.25, -0.2) is 0 Å². The molecule has 0 bridgehead atoms. The molecule has 1 fully saturated rings. The van der Waals surface area contributed by atoms with Gasteiger partial charge < -0.3 is 9.84 Å². The minimum absolute atomic E-state index is 0.0846. The maximum Gasteiger partial charge on any atom is 0.126 e. The average molecular weight is 249 g/mol. The molecule has 100 valence electrons. The fourth-order valence-electron chi connectivity index (χ4n) is 2.55. The van der Waals surface area contributed by atoms with Crippen LogP contribution in [0, 0.1) is 0 Å². The van der Waals surface area contributed by atoms with Crippen molar-refractivity contribution in [1.82, 2.24) is 4.90 Å².